The average Bonchev–Trinajstić information content (AvgIpc) is 2.33. The first kappa shape index (κ1) is 5.41. The second kappa shape index (κ2) is 1.80. The van der Waals surface area contributed by atoms with Gasteiger partial charge in [-0.05, 0) is 12.2 Å². The van der Waals surface area contributed by atoms with Crippen molar-refractivity contribution >= 4 is 11.9 Å². The number of nitrogens with zero attached hydrogens (tertiary/aromatic N) is 2. The zero-order valence-corrected chi connectivity index (χ0v) is 5.28. The van der Waals surface area contributed by atoms with Gasteiger partial charge in [0.1, 0.15) is 5.76 Å². The lowest BCUT2D eigenvalue weighted by atomic mass is 10.0. The number of hydrogen-bond donors (Lipinski definition) is 1. The molecule has 0 fully saturated rings. The molecule has 0 saturated heterocycles. The molecule has 0 aromatic carbocycles. The van der Waals surface area contributed by atoms with Crippen molar-refractivity contribution in [3.05, 3.63) is 23.5 Å². The molecule has 0 unspecified atom stereocenters. The van der Waals surface area contributed by atoms with E-state index in [0.717, 1.165) is 11.3 Å². The van der Waals surface area contributed by atoms with Crippen LogP contribution in [-0.4, -0.2) is 17.0 Å². The van der Waals surface area contributed by atoms with E-state index in [1.54, 1.807) is 18.4 Å². The fourth-order valence-corrected chi connectivity index (χ4v) is 0.992. The Morgan fingerprint density at radius 3 is 3.30 bits per heavy atom. The van der Waals surface area contributed by atoms with Gasteiger partial charge in [0, 0.05) is 12.0 Å². The van der Waals surface area contributed by atoms with Crippen LogP contribution in [0.5, 0.6) is 0 Å². The Balaban J connectivity index is 2.43. The zero-order valence-electron chi connectivity index (χ0n) is 5.28. The summed E-state index contributed by atoms with van der Waals surface area (Å²) in [6.07, 6.45) is 5.73. The van der Waals surface area contributed by atoms with E-state index < -0.39 is 0 Å². The molecule has 1 aliphatic heterocycles. The van der Waals surface area contributed by atoms with Gasteiger partial charge in [0.25, 0.3) is 0 Å². The number of aliphatic hydroxyl groups excluding tert-OH is 1. The maximum atomic E-state index is 9.02. The van der Waals surface area contributed by atoms with Crippen molar-refractivity contribution in [2.75, 3.05) is 0 Å². The van der Waals surface area contributed by atoms with Crippen LogP contribution in [0.1, 0.15) is 6.42 Å². The maximum Gasteiger partial charge on any atom is 0.112 e. The molecule has 0 aromatic rings. The van der Waals surface area contributed by atoms with Crippen molar-refractivity contribution in [2.24, 2.45) is 10.2 Å². The van der Waals surface area contributed by atoms with Gasteiger partial charge in [-0.2, -0.15) is 10.2 Å². The monoisotopic (exact) mass is 134 g/mol. The van der Waals surface area contributed by atoms with Gasteiger partial charge in [0.15, 0.2) is 0 Å². The lowest BCUT2D eigenvalue weighted by molar-refractivity contribution is 0.430. The highest BCUT2D eigenvalue weighted by Crippen LogP contribution is 2.15. The van der Waals surface area contributed by atoms with Crippen LogP contribution < -0.4 is 0 Å². The molecule has 1 heterocycles. The molecule has 1 N–H and O–H groups in total. The van der Waals surface area contributed by atoms with Gasteiger partial charge in [-0.1, -0.05) is 0 Å². The minimum atomic E-state index is 0.308. The zero-order chi connectivity index (χ0) is 6.97. The molecule has 0 aromatic heterocycles. The van der Waals surface area contributed by atoms with Crippen molar-refractivity contribution in [1.29, 1.82) is 0 Å². The molecule has 0 saturated carbocycles. The highest BCUT2D eigenvalue weighted by atomic mass is 16.3. The Morgan fingerprint density at radius 2 is 2.40 bits per heavy atom. The van der Waals surface area contributed by atoms with Gasteiger partial charge in [0.05, 0.1) is 11.9 Å². The molecule has 0 atom stereocenters. The number of rotatable bonds is 0. The summed E-state index contributed by atoms with van der Waals surface area (Å²) in [5.41, 5.74) is 1.87. The fourth-order valence-electron chi connectivity index (χ4n) is 0.992. The molecule has 10 heavy (non-hydrogen) atoms. The second-order valence-corrected chi connectivity index (χ2v) is 2.22. The minimum absolute atomic E-state index is 0.308. The van der Waals surface area contributed by atoms with Crippen LogP contribution in [-0.2, 0) is 0 Å². The third kappa shape index (κ3) is 0.673. The topological polar surface area (TPSA) is 45.0 Å². The lowest BCUT2D eigenvalue weighted by Crippen LogP contribution is -2.03. The molecular formula is C7H6N2O. The van der Waals surface area contributed by atoms with Crippen molar-refractivity contribution in [3.8, 4) is 0 Å². The van der Waals surface area contributed by atoms with Crippen LogP contribution >= 0.6 is 0 Å². The van der Waals surface area contributed by atoms with E-state index in [9.17, 15) is 0 Å². The summed E-state index contributed by atoms with van der Waals surface area (Å²) in [6.45, 7) is 0. The van der Waals surface area contributed by atoms with Gasteiger partial charge in [0.2, 0.25) is 0 Å². The van der Waals surface area contributed by atoms with Crippen LogP contribution in [0.2, 0.25) is 0 Å². The third-order valence-corrected chi connectivity index (χ3v) is 1.52. The molecule has 0 radical (unpaired) electrons. The average molecular weight is 134 g/mol. The molecule has 3 heteroatoms. The predicted molar refractivity (Wildman–Crippen MR) is 39.3 cm³/mol. The molecule has 2 aliphatic rings. The highest BCUT2D eigenvalue weighted by molar-refractivity contribution is 6.19. The van der Waals surface area contributed by atoms with Crippen molar-refractivity contribution in [2.45, 2.75) is 6.42 Å². The third-order valence-electron chi connectivity index (χ3n) is 1.52. The lowest BCUT2D eigenvalue weighted by Gasteiger charge is -2.03. The van der Waals surface area contributed by atoms with Crippen LogP contribution in [0.25, 0.3) is 0 Å². The first-order valence-electron chi connectivity index (χ1n) is 3.07. The molecule has 2 rings (SSSR count). The van der Waals surface area contributed by atoms with E-state index in [4.69, 9.17) is 5.11 Å². The Bertz CT molecular complexity index is 284. The standard InChI is InChI=1S/C7H6N2O/c10-6-1-2-7-5(3-6)4-8-9-7/h1,3-4,10H,2H2. The predicted octanol–water partition coefficient (Wildman–Crippen LogP) is 1.20. The van der Waals surface area contributed by atoms with Gasteiger partial charge in [-0.3, -0.25) is 0 Å². The van der Waals surface area contributed by atoms with Crippen molar-refractivity contribution < 1.29 is 5.11 Å². The highest BCUT2D eigenvalue weighted by Gasteiger charge is 2.13. The first-order chi connectivity index (χ1) is 4.86. The van der Waals surface area contributed by atoms with Crippen LogP contribution in [0.3, 0.4) is 0 Å². The Hall–Kier alpha value is -1.38. The summed E-state index contributed by atoms with van der Waals surface area (Å²) in [6, 6.07) is 0. The Morgan fingerprint density at radius 1 is 1.50 bits per heavy atom. The summed E-state index contributed by atoms with van der Waals surface area (Å²) in [4.78, 5) is 0. The fraction of sp³-hybridized carbons (Fsp3) is 0.143. The molecule has 0 spiro atoms. The van der Waals surface area contributed by atoms with Crippen LogP contribution in [0.4, 0.5) is 0 Å². The molecule has 1 aliphatic carbocycles. The summed E-state index contributed by atoms with van der Waals surface area (Å²) in [5, 5.41) is 16.6. The van der Waals surface area contributed by atoms with E-state index in [0.29, 0.717) is 12.2 Å². The molecule has 0 bridgehead atoms. The van der Waals surface area contributed by atoms with Crippen molar-refractivity contribution in [3.63, 3.8) is 0 Å². The smallest absolute Gasteiger partial charge is 0.112 e. The summed E-state index contributed by atoms with van der Waals surface area (Å²) >= 11 is 0. The van der Waals surface area contributed by atoms with Gasteiger partial charge < -0.3 is 5.11 Å². The van der Waals surface area contributed by atoms with E-state index in [-0.39, 0.29) is 0 Å². The quantitative estimate of drug-likeness (QED) is 0.531. The Labute approximate surface area is 58.1 Å². The molecule has 0 amide bonds. The van der Waals surface area contributed by atoms with E-state index >= 15 is 0 Å². The first-order valence-corrected chi connectivity index (χ1v) is 3.07. The van der Waals surface area contributed by atoms with Gasteiger partial charge in [-0.25, -0.2) is 0 Å². The molecular weight excluding hydrogens is 128 g/mol. The van der Waals surface area contributed by atoms with Crippen LogP contribution in [0, 0.1) is 0 Å². The summed E-state index contributed by atoms with van der Waals surface area (Å²) in [5.74, 6) is 0.308. The number of fused-ring (bicyclic) bond motifs is 1. The summed E-state index contributed by atoms with van der Waals surface area (Å²) in [7, 11) is 0. The largest absolute Gasteiger partial charge is 0.508 e. The second-order valence-electron chi connectivity index (χ2n) is 2.22. The van der Waals surface area contributed by atoms with E-state index in [1.807, 2.05) is 0 Å². The van der Waals surface area contributed by atoms with Gasteiger partial charge in [-0.15, -0.1) is 0 Å². The SMILES string of the molecule is OC1=CCC2=NN=CC2=C1. The number of allylic oxidation sites excluding steroid dienone is 3. The Kier molecular flexibility index (Phi) is 0.974. The molecule has 50 valence electrons. The van der Waals surface area contributed by atoms with Crippen LogP contribution in [0.15, 0.2) is 33.7 Å². The van der Waals surface area contributed by atoms with E-state index in [2.05, 4.69) is 10.2 Å². The van der Waals surface area contributed by atoms with Gasteiger partial charge >= 0.3 is 0 Å². The maximum absolute atomic E-state index is 9.02. The normalized spacial score (nSPS) is 21.4. The minimum Gasteiger partial charge on any atom is -0.508 e. The van der Waals surface area contributed by atoms with Crippen molar-refractivity contribution in [1.82, 2.24) is 0 Å². The number of aliphatic hydroxyl groups is 1. The summed E-state index contributed by atoms with van der Waals surface area (Å²) < 4.78 is 0. The molecule has 3 nitrogen and oxygen atoms in total. The number of hydrogen-bond acceptors (Lipinski definition) is 3. The van der Waals surface area contributed by atoms with E-state index in [1.165, 1.54) is 0 Å².